The summed E-state index contributed by atoms with van der Waals surface area (Å²) in [5.41, 5.74) is 1.83. The van der Waals surface area contributed by atoms with E-state index in [4.69, 9.17) is 4.74 Å². The molecule has 0 spiro atoms. The number of carbonyl (C=O) groups excluding carboxylic acids is 1. The molecular weight excluding hydrogens is 176 g/mol. The third kappa shape index (κ3) is 1.65. The normalized spacial score (nSPS) is 37.2. The van der Waals surface area contributed by atoms with Crippen molar-refractivity contribution in [2.24, 2.45) is 5.92 Å². The molecule has 1 aliphatic carbocycles. The quantitative estimate of drug-likeness (QED) is 0.593. The molecule has 0 saturated carbocycles. The largest absolute Gasteiger partial charge is 0.498 e. The second-order valence-corrected chi connectivity index (χ2v) is 3.77. The number of allylic oxidation sites excluding steroid dienone is 6. The molecule has 0 N–H and O–H groups in total. The fourth-order valence-electron chi connectivity index (χ4n) is 1.87. The topological polar surface area (TPSA) is 26.3 Å². The molecule has 0 amide bonds. The van der Waals surface area contributed by atoms with E-state index in [-0.39, 0.29) is 0 Å². The van der Waals surface area contributed by atoms with E-state index in [1.54, 1.807) is 0 Å². The van der Waals surface area contributed by atoms with Gasteiger partial charge in [0.1, 0.15) is 6.29 Å². The van der Waals surface area contributed by atoms with E-state index in [0.29, 0.717) is 5.92 Å². The van der Waals surface area contributed by atoms with Gasteiger partial charge in [-0.25, -0.2) is 0 Å². The summed E-state index contributed by atoms with van der Waals surface area (Å²) in [6.07, 6.45) is 8.91. The minimum Gasteiger partial charge on any atom is -0.498 e. The van der Waals surface area contributed by atoms with Crippen LogP contribution < -0.4 is 0 Å². The predicted octanol–water partition coefficient (Wildman–Crippen LogP) is 2.38. The van der Waals surface area contributed by atoms with E-state index in [0.717, 1.165) is 42.6 Å². The standard InChI is InChI=1S/C12H14O2/c1-9-2-3-10-6-7-14-12(10)5-4-11(9)8-13/h2,4-5,8,10H,3,6-7H2,1H3/b9-2-,11-4-,12-5+. The molecule has 0 bridgehead atoms. The number of carbonyl (C=O) groups is 1. The van der Waals surface area contributed by atoms with Gasteiger partial charge in [0, 0.05) is 11.5 Å². The summed E-state index contributed by atoms with van der Waals surface area (Å²) in [6.45, 7) is 2.79. The molecule has 1 fully saturated rings. The molecule has 1 saturated heterocycles. The van der Waals surface area contributed by atoms with Gasteiger partial charge >= 0.3 is 0 Å². The van der Waals surface area contributed by atoms with Gasteiger partial charge in [0.05, 0.1) is 12.4 Å². The van der Waals surface area contributed by atoms with Crippen LogP contribution in [0.15, 0.2) is 35.1 Å². The second-order valence-electron chi connectivity index (χ2n) is 3.77. The molecule has 2 heteroatoms. The summed E-state index contributed by atoms with van der Waals surface area (Å²) in [5, 5.41) is 0. The fraction of sp³-hybridized carbons (Fsp3) is 0.417. The maximum absolute atomic E-state index is 10.7. The lowest BCUT2D eigenvalue weighted by Gasteiger charge is -2.10. The molecule has 2 nitrogen and oxygen atoms in total. The zero-order valence-corrected chi connectivity index (χ0v) is 8.32. The lowest BCUT2D eigenvalue weighted by atomic mass is 9.95. The molecule has 0 aromatic rings. The van der Waals surface area contributed by atoms with Crippen molar-refractivity contribution in [3.05, 3.63) is 35.1 Å². The summed E-state index contributed by atoms with van der Waals surface area (Å²) in [4.78, 5) is 10.7. The minimum absolute atomic E-state index is 0.523. The SMILES string of the molecule is CC1=C/CC2CCO/C2=C/C=C\1C=O. The number of ether oxygens (including phenoxy) is 1. The molecule has 1 atom stereocenters. The van der Waals surface area contributed by atoms with Gasteiger partial charge in [0.2, 0.25) is 0 Å². The molecule has 1 unspecified atom stereocenters. The molecular formula is C12H14O2. The zero-order valence-electron chi connectivity index (χ0n) is 8.32. The van der Waals surface area contributed by atoms with Gasteiger partial charge in [-0.2, -0.15) is 0 Å². The van der Waals surface area contributed by atoms with Crippen LogP contribution in [0.4, 0.5) is 0 Å². The molecule has 2 rings (SSSR count). The number of aldehydes is 1. The Bertz CT molecular complexity index is 334. The molecule has 14 heavy (non-hydrogen) atoms. The van der Waals surface area contributed by atoms with Gasteiger partial charge < -0.3 is 4.74 Å². The summed E-state index contributed by atoms with van der Waals surface area (Å²) < 4.78 is 5.49. The van der Waals surface area contributed by atoms with Crippen LogP contribution in [0.25, 0.3) is 0 Å². The van der Waals surface area contributed by atoms with Crippen molar-refractivity contribution in [3.8, 4) is 0 Å². The van der Waals surface area contributed by atoms with Crippen LogP contribution in [0, 0.1) is 5.92 Å². The molecule has 0 aromatic heterocycles. The van der Waals surface area contributed by atoms with Crippen LogP contribution in [0.2, 0.25) is 0 Å². The van der Waals surface area contributed by atoms with Gasteiger partial charge in [-0.05, 0) is 37.5 Å². The van der Waals surface area contributed by atoms with Gasteiger partial charge in [0.15, 0.2) is 0 Å². The van der Waals surface area contributed by atoms with Gasteiger partial charge in [-0.15, -0.1) is 0 Å². The highest BCUT2D eigenvalue weighted by Gasteiger charge is 2.22. The Kier molecular flexibility index (Phi) is 2.53. The first-order valence-corrected chi connectivity index (χ1v) is 4.98. The Balaban J connectivity index is 2.33. The van der Waals surface area contributed by atoms with E-state index in [1.807, 2.05) is 19.1 Å². The van der Waals surface area contributed by atoms with E-state index in [2.05, 4.69) is 6.08 Å². The van der Waals surface area contributed by atoms with Crippen LogP contribution >= 0.6 is 0 Å². The van der Waals surface area contributed by atoms with Crippen LogP contribution in [-0.2, 0) is 9.53 Å². The molecule has 2 aliphatic rings. The Morgan fingerprint density at radius 3 is 3.14 bits per heavy atom. The maximum Gasteiger partial charge on any atom is 0.150 e. The van der Waals surface area contributed by atoms with Crippen molar-refractivity contribution in [1.29, 1.82) is 0 Å². The highest BCUT2D eigenvalue weighted by Crippen LogP contribution is 2.30. The maximum atomic E-state index is 10.7. The third-order valence-electron chi connectivity index (χ3n) is 2.86. The predicted molar refractivity (Wildman–Crippen MR) is 54.7 cm³/mol. The van der Waals surface area contributed by atoms with Crippen LogP contribution in [0.1, 0.15) is 19.8 Å². The van der Waals surface area contributed by atoms with Gasteiger partial charge in [0.25, 0.3) is 0 Å². The van der Waals surface area contributed by atoms with E-state index in [1.165, 1.54) is 0 Å². The Morgan fingerprint density at radius 1 is 1.50 bits per heavy atom. The summed E-state index contributed by atoms with van der Waals surface area (Å²) in [5.74, 6) is 1.56. The number of hydrogen-bond donors (Lipinski definition) is 0. The van der Waals surface area contributed by atoms with E-state index in [9.17, 15) is 4.79 Å². The van der Waals surface area contributed by atoms with Crippen molar-refractivity contribution in [2.45, 2.75) is 19.8 Å². The van der Waals surface area contributed by atoms with Crippen molar-refractivity contribution in [1.82, 2.24) is 0 Å². The summed E-state index contributed by atoms with van der Waals surface area (Å²) in [7, 11) is 0. The van der Waals surface area contributed by atoms with Gasteiger partial charge in [-0.3, -0.25) is 4.79 Å². The van der Waals surface area contributed by atoms with Crippen molar-refractivity contribution >= 4 is 6.29 Å². The Labute approximate surface area is 83.9 Å². The molecule has 1 heterocycles. The smallest absolute Gasteiger partial charge is 0.150 e. The van der Waals surface area contributed by atoms with Gasteiger partial charge in [-0.1, -0.05) is 6.08 Å². The highest BCUT2D eigenvalue weighted by atomic mass is 16.5. The Morgan fingerprint density at radius 2 is 2.36 bits per heavy atom. The van der Waals surface area contributed by atoms with Crippen molar-refractivity contribution < 1.29 is 9.53 Å². The highest BCUT2D eigenvalue weighted by molar-refractivity contribution is 5.80. The fourth-order valence-corrected chi connectivity index (χ4v) is 1.87. The Hall–Kier alpha value is -1.31. The number of rotatable bonds is 1. The summed E-state index contributed by atoms with van der Waals surface area (Å²) >= 11 is 0. The average molecular weight is 190 g/mol. The molecule has 0 radical (unpaired) electrons. The lowest BCUT2D eigenvalue weighted by Crippen LogP contribution is -1.99. The first-order chi connectivity index (χ1) is 6.81. The number of hydrogen-bond acceptors (Lipinski definition) is 2. The minimum atomic E-state index is 0.523. The lowest BCUT2D eigenvalue weighted by molar-refractivity contribution is -0.104. The number of fused-ring (bicyclic) bond motifs is 1. The van der Waals surface area contributed by atoms with Crippen molar-refractivity contribution in [2.75, 3.05) is 6.61 Å². The van der Waals surface area contributed by atoms with E-state index >= 15 is 0 Å². The summed E-state index contributed by atoms with van der Waals surface area (Å²) in [6, 6.07) is 0. The molecule has 74 valence electrons. The molecule has 1 aliphatic heterocycles. The average Bonchev–Trinajstić information content (AvgIpc) is 2.60. The van der Waals surface area contributed by atoms with Crippen LogP contribution in [0.3, 0.4) is 0 Å². The first kappa shape index (κ1) is 9.25. The third-order valence-corrected chi connectivity index (χ3v) is 2.86. The van der Waals surface area contributed by atoms with E-state index < -0.39 is 0 Å². The second kappa shape index (κ2) is 3.82. The molecule has 0 aromatic carbocycles. The van der Waals surface area contributed by atoms with Crippen LogP contribution in [-0.4, -0.2) is 12.9 Å². The zero-order chi connectivity index (χ0) is 9.97. The monoisotopic (exact) mass is 190 g/mol. The van der Waals surface area contributed by atoms with Crippen molar-refractivity contribution in [3.63, 3.8) is 0 Å². The van der Waals surface area contributed by atoms with Crippen LogP contribution in [0.5, 0.6) is 0 Å². The first-order valence-electron chi connectivity index (χ1n) is 4.98.